The van der Waals surface area contributed by atoms with Gasteiger partial charge in [-0.3, -0.25) is 21.3 Å². The Kier molecular flexibility index (Phi) is 25.3. The molecule has 24 heteroatoms. The van der Waals surface area contributed by atoms with Crippen molar-refractivity contribution >= 4 is 76.0 Å². The summed E-state index contributed by atoms with van der Waals surface area (Å²) >= 11 is 0. The molecule has 478 valence electrons. The SMILES string of the molecule is C.C.CC(C)(C)OC(=O)NC(=Nc1ccc(C[C@H](N)C(O)c2nc3ccccc3o2)cc1)NC(=O)OC(C)(C)C.CC(C)(C)OC(=O)NC(=Nc1ccc(C[C@H](NC(=O)OCc2ccccc2)C(O)c2nc3ccccc3o2)cc1)NC(=O)OC(C)(C)C.[H-].[H-]. The van der Waals surface area contributed by atoms with Gasteiger partial charge in [0, 0.05) is 6.04 Å². The average Bonchev–Trinajstić information content (AvgIpc) is 2.57. The summed E-state index contributed by atoms with van der Waals surface area (Å²) in [5.74, 6) is -0.175. The predicted octanol–water partition coefficient (Wildman–Crippen LogP) is 12.4. The Bertz CT molecular complexity index is 3350. The maximum Gasteiger partial charge on any atom is 0.414 e. The number of benzene rings is 5. The van der Waals surface area contributed by atoms with Crippen LogP contribution < -0.4 is 32.3 Å². The topological polar surface area (TPSA) is 335 Å². The molecule has 5 aromatic carbocycles. The monoisotopic (exact) mass is 1220 g/mol. The summed E-state index contributed by atoms with van der Waals surface area (Å²) < 4.78 is 37.9. The number of aliphatic hydroxyl groups excluding tert-OH is 2. The number of carbonyl (C=O) groups excluding carboxylic acids is 5. The molecule has 0 spiro atoms. The molecule has 7 aromatic rings. The average molecular weight is 1220 g/mol. The van der Waals surface area contributed by atoms with Crippen molar-refractivity contribution in [2.24, 2.45) is 15.7 Å². The number of alkyl carbamates (subject to hydrolysis) is 5. The van der Waals surface area contributed by atoms with Crippen molar-refractivity contribution in [3.63, 3.8) is 0 Å². The summed E-state index contributed by atoms with van der Waals surface area (Å²) in [6, 6.07) is 35.6. The van der Waals surface area contributed by atoms with E-state index < -0.39 is 77.2 Å². The first-order valence-corrected chi connectivity index (χ1v) is 27.5. The van der Waals surface area contributed by atoms with Crippen molar-refractivity contribution < 1.29 is 69.6 Å². The molecule has 4 atom stereocenters. The molecule has 2 heterocycles. The van der Waals surface area contributed by atoms with Crippen LogP contribution in [0.1, 0.15) is 141 Å². The van der Waals surface area contributed by atoms with Crippen molar-refractivity contribution in [3.05, 3.63) is 156 Å². The van der Waals surface area contributed by atoms with E-state index in [1.54, 1.807) is 168 Å². The van der Waals surface area contributed by atoms with Crippen LogP contribution in [-0.4, -0.2) is 97.1 Å². The van der Waals surface area contributed by atoms with Crippen molar-refractivity contribution in [2.45, 2.75) is 164 Å². The molecule has 24 nitrogen and oxygen atoms in total. The van der Waals surface area contributed by atoms with Crippen LogP contribution in [0.3, 0.4) is 0 Å². The number of nitrogens with zero attached hydrogens (tertiary/aromatic N) is 4. The summed E-state index contributed by atoms with van der Waals surface area (Å²) in [5, 5.41) is 34.5. The second kappa shape index (κ2) is 31.3. The number of para-hydroxylation sites is 4. The maximum absolute atomic E-state index is 12.8. The van der Waals surface area contributed by atoms with Crippen LogP contribution in [0, 0.1) is 0 Å². The Morgan fingerprint density at radius 3 is 1.22 bits per heavy atom. The lowest BCUT2D eigenvalue weighted by Crippen LogP contribution is -2.47. The number of aliphatic hydroxyl groups is 2. The van der Waals surface area contributed by atoms with Gasteiger partial charge >= 0.3 is 30.5 Å². The number of nitrogens with one attached hydrogen (secondary N) is 5. The largest absolute Gasteiger partial charge is 1.00 e. The van der Waals surface area contributed by atoms with Crippen LogP contribution in [-0.2, 0) is 43.1 Å². The zero-order valence-corrected chi connectivity index (χ0v) is 50.2. The highest BCUT2D eigenvalue weighted by atomic mass is 16.6. The number of hydrogen-bond donors (Lipinski definition) is 8. The van der Waals surface area contributed by atoms with Crippen LogP contribution in [0.15, 0.2) is 146 Å². The molecule has 5 amide bonds. The Morgan fingerprint density at radius 1 is 0.489 bits per heavy atom. The number of rotatable bonds is 13. The Balaban J connectivity index is 0.000000602. The predicted molar refractivity (Wildman–Crippen MR) is 337 cm³/mol. The molecule has 0 radical (unpaired) electrons. The van der Waals surface area contributed by atoms with Gasteiger partial charge in [0.15, 0.2) is 17.3 Å². The fourth-order valence-electron chi connectivity index (χ4n) is 7.63. The zero-order valence-electron chi connectivity index (χ0n) is 52.2. The van der Waals surface area contributed by atoms with E-state index in [0.717, 1.165) is 11.1 Å². The van der Waals surface area contributed by atoms with Gasteiger partial charge < -0.3 is 56.6 Å². The number of fused-ring (bicyclic) bond motifs is 2. The summed E-state index contributed by atoms with van der Waals surface area (Å²) in [5.41, 5.74) is 8.59. The third-order valence-electron chi connectivity index (χ3n) is 11.2. The lowest BCUT2D eigenvalue weighted by atomic mass is 10.0. The number of guanidine groups is 2. The molecule has 9 N–H and O–H groups in total. The number of amides is 5. The highest BCUT2D eigenvalue weighted by molar-refractivity contribution is 6.03. The van der Waals surface area contributed by atoms with Gasteiger partial charge in [-0.25, -0.2) is 43.9 Å². The molecule has 88 heavy (non-hydrogen) atoms. The van der Waals surface area contributed by atoms with Crippen molar-refractivity contribution in [1.29, 1.82) is 0 Å². The summed E-state index contributed by atoms with van der Waals surface area (Å²) in [4.78, 5) is 79.7. The molecule has 0 aliphatic heterocycles. The van der Waals surface area contributed by atoms with Gasteiger partial charge in [-0.15, -0.1) is 0 Å². The Labute approximate surface area is 516 Å². The smallest absolute Gasteiger partial charge is 0.414 e. The molecular formula is C64H86N10O14-2. The first kappa shape index (κ1) is 71.1. The van der Waals surface area contributed by atoms with E-state index in [4.69, 9.17) is 38.3 Å². The standard InChI is InChI=1S/C35H41N5O8.C27H35N5O6.2CH4.2H/c1-34(2,3)47-32(43)39-30(40-33(44)48-35(4,5)6)36-24-18-16-22(17-19-24)20-26(38-31(42)45-21-23-12-8-7-9-13-23)28(41)29-37-25-14-10-11-15-27(25)46-29;1-26(2,3)37-24(34)31-23(32-25(35)38-27(4,5)6)29-17-13-11-16(12-14-17)15-18(28)21(33)22-30-19-9-7-8-10-20(19)36-22;;;;/h7-19,26,28,41H,20-21H2,1-6H3,(H,38,42)(H2,36,39,40,43,44);7-14,18,21,33H,15,28H2,1-6H3,(H2,29,31,32,34,35);2*1H4;;/q;;;;2*-1/t26-,28?;18-,21?;;;;/m00..../s1. The van der Waals surface area contributed by atoms with Gasteiger partial charge in [-0.05, 0) is 161 Å². The number of hydrogen-bond acceptors (Lipinski definition) is 19. The molecule has 0 fully saturated rings. The van der Waals surface area contributed by atoms with Crippen molar-refractivity contribution in [3.8, 4) is 0 Å². The van der Waals surface area contributed by atoms with Crippen molar-refractivity contribution in [2.75, 3.05) is 0 Å². The maximum atomic E-state index is 12.8. The number of oxazole rings is 2. The summed E-state index contributed by atoms with van der Waals surface area (Å²) in [6.45, 7) is 20.6. The van der Waals surface area contributed by atoms with Crippen LogP contribution >= 0.6 is 0 Å². The van der Waals surface area contributed by atoms with E-state index in [-0.39, 0.29) is 54.4 Å². The molecule has 0 aliphatic rings. The van der Waals surface area contributed by atoms with E-state index in [1.165, 1.54) is 0 Å². The summed E-state index contributed by atoms with van der Waals surface area (Å²) in [7, 11) is 0. The first-order chi connectivity index (χ1) is 40.3. The lowest BCUT2D eigenvalue weighted by Gasteiger charge is -2.22. The quantitative estimate of drug-likeness (QED) is 0.0302. The second-order valence-corrected chi connectivity index (χ2v) is 23.6. The molecule has 2 aromatic heterocycles. The minimum Gasteiger partial charge on any atom is -1.00 e. The zero-order chi connectivity index (χ0) is 63.0. The first-order valence-electron chi connectivity index (χ1n) is 27.5. The molecule has 0 bridgehead atoms. The van der Waals surface area contributed by atoms with Crippen LogP contribution in [0.2, 0.25) is 0 Å². The third-order valence-corrected chi connectivity index (χ3v) is 11.2. The molecule has 7 rings (SSSR count). The van der Waals surface area contributed by atoms with E-state index in [2.05, 4.69) is 46.5 Å². The minimum atomic E-state index is -1.32. The van der Waals surface area contributed by atoms with Gasteiger partial charge in [0.25, 0.3) is 0 Å². The summed E-state index contributed by atoms with van der Waals surface area (Å²) in [6.07, 6.45) is -5.88. The highest BCUT2D eigenvalue weighted by Crippen LogP contribution is 2.27. The van der Waals surface area contributed by atoms with Gasteiger partial charge in [-0.2, -0.15) is 0 Å². The molecule has 0 saturated carbocycles. The Morgan fingerprint density at radius 2 is 0.841 bits per heavy atom. The van der Waals surface area contributed by atoms with Crippen LogP contribution in [0.5, 0.6) is 0 Å². The second-order valence-electron chi connectivity index (χ2n) is 23.6. The van der Waals surface area contributed by atoms with E-state index in [9.17, 15) is 34.2 Å². The molecule has 0 aliphatic carbocycles. The third kappa shape index (κ3) is 24.5. The van der Waals surface area contributed by atoms with E-state index in [0.29, 0.717) is 45.6 Å². The normalized spacial score (nSPS) is 12.7. The number of nitrogens with two attached hydrogens (primary N) is 1. The lowest BCUT2D eigenvalue weighted by molar-refractivity contribution is 0.0521. The number of aromatic nitrogens is 2. The van der Waals surface area contributed by atoms with Gasteiger partial charge in [0.05, 0.1) is 17.4 Å². The van der Waals surface area contributed by atoms with Crippen LogP contribution in [0.4, 0.5) is 35.3 Å². The van der Waals surface area contributed by atoms with Crippen LogP contribution in [0.25, 0.3) is 22.2 Å². The number of carbonyl (C=O) groups is 5. The van der Waals surface area contributed by atoms with E-state index >= 15 is 0 Å². The van der Waals surface area contributed by atoms with Gasteiger partial charge in [0.2, 0.25) is 23.7 Å². The fourth-order valence-corrected chi connectivity index (χ4v) is 7.63. The highest BCUT2D eigenvalue weighted by Gasteiger charge is 2.30. The van der Waals surface area contributed by atoms with Gasteiger partial charge in [0.1, 0.15) is 46.1 Å². The molecule has 0 saturated heterocycles. The number of aliphatic imine (C=N–C) groups is 2. The molecule has 2 unspecified atom stereocenters. The number of ether oxygens (including phenoxy) is 5. The molecular weight excluding hydrogens is 1130 g/mol. The van der Waals surface area contributed by atoms with Crippen molar-refractivity contribution in [1.82, 2.24) is 36.6 Å². The van der Waals surface area contributed by atoms with Gasteiger partial charge in [-0.1, -0.05) is 93.7 Å². The minimum absolute atomic E-state index is 0. The van der Waals surface area contributed by atoms with E-state index in [1.807, 2.05) is 42.5 Å². The Hall–Kier alpha value is -9.39. The fraction of sp³-hybridized carbons (Fsp3) is 0.391.